The fraction of sp³-hybridized carbons (Fsp3) is 0.522. The minimum atomic E-state index is -4.65. The Morgan fingerprint density at radius 3 is 2.32 bits per heavy atom. The van der Waals surface area contributed by atoms with Crippen molar-refractivity contribution in [1.82, 2.24) is 24.3 Å². The number of imidazole rings is 1. The van der Waals surface area contributed by atoms with Crippen LogP contribution >= 0.6 is 0 Å². The number of aromatic nitrogens is 5. The lowest BCUT2D eigenvalue weighted by molar-refractivity contribution is -0.144. The Morgan fingerprint density at radius 1 is 1.09 bits per heavy atom. The second kappa shape index (κ2) is 8.53. The predicted octanol–water partition coefficient (Wildman–Crippen LogP) is 5.16. The normalized spacial score (nSPS) is 16.7. The number of hydrogen-bond donors (Lipinski definition) is 0. The van der Waals surface area contributed by atoms with Gasteiger partial charge >= 0.3 is 6.18 Å². The third-order valence-electron chi connectivity index (χ3n) is 6.58. The van der Waals surface area contributed by atoms with E-state index in [0.717, 1.165) is 11.4 Å². The highest BCUT2D eigenvalue weighted by atomic mass is 28.4. The van der Waals surface area contributed by atoms with E-state index in [1.54, 1.807) is 37.6 Å². The fourth-order valence-electron chi connectivity index (χ4n) is 3.71. The standard InChI is InChI=1S/C23H30F3N5O2Si/c1-22(2,3)34(5,6)33-17-11-19-27-18(14-30(19)13-17)20-28-21(23(24,25)26)29-31(20)12-15-7-9-16(32-4)10-8-15/h7-10,14,17H,11-13H2,1-6H3. The van der Waals surface area contributed by atoms with Crippen LogP contribution in [0.2, 0.25) is 18.1 Å². The molecule has 0 bridgehead atoms. The van der Waals surface area contributed by atoms with E-state index in [9.17, 15) is 13.2 Å². The highest BCUT2D eigenvalue weighted by Crippen LogP contribution is 2.39. The monoisotopic (exact) mass is 493 g/mol. The second-order valence-electron chi connectivity index (χ2n) is 10.2. The van der Waals surface area contributed by atoms with Gasteiger partial charge in [-0.05, 0) is 35.8 Å². The van der Waals surface area contributed by atoms with Crippen LogP contribution in [0.1, 0.15) is 38.0 Å². The Kier molecular flexibility index (Phi) is 6.13. The summed E-state index contributed by atoms with van der Waals surface area (Å²) in [5.74, 6) is 0.361. The van der Waals surface area contributed by atoms with Crippen molar-refractivity contribution in [2.24, 2.45) is 0 Å². The van der Waals surface area contributed by atoms with Gasteiger partial charge in [-0.25, -0.2) is 14.6 Å². The summed E-state index contributed by atoms with van der Waals surface area (Å²) in [7, 11) is -0.383. The minimum Gasteiger partial charge on any atom is -0.497 e. The van der Waals surface area contributed by atoms with Gasteiger partial charge in [0.1, 0.15) is 17.3 Å². The van der Waals surface area contributed by atoms with Crippen molar-refractivity contribution in [2.45, 2.75) is 70.7 Å². The van der Waals surface area contributed by atoms with E-state index < -0.39 is 20.3 Å². The van der Waals surface area contributed by atoms with E-state index in [-0.39, 0.29) is 23.5 Å². The lowest BCUT2D eigenvalue weighted by atomic mass is 10.2. The molecule has 0 aliphatic carbocycles. The third-order valence-corrected chi connectivity index (χ3v) is 11.1. The highest BCUT2D eigenvalue weighted by molar-refractivity contribution is 6.74. The molecule has 1 aromatic carbocycles. The number of halogens is 3. The Hall–Kier alpha value is -2.66. The molecule has 0 saturated carbocycles. The fourth-order valence-corrected chi connectivity index (χ4v) is 5.05. The first-order valence-electron chi connectivity index (χ1n) is 11.2. The van der Waals surface area contributed by atoms with Crippen LogP contribution in [0.4, 0.5) is 13.2 Å². The predicted molar refractivity (Wildman–Crippen MR) is 124 cm³/mol. The van der Waals surface area contributed by atoms with Crippen LogP contribution in [0.3, 0.4) is 0 Å². The Balaban J connectivity index is 1.59. The molecule has 0 amide bonds. The maximum absolute atomic E-state index is 13.4. The number of alkyl halides is 3. The summed E-state index contributed by atoms with van der Waals surface area (Å²) in [5, 5.41) is 3.84. The first kappa shape index (κ1) is 24.5. The molecule has 0 spiro atoms. The van der Waals surface area contributed by atoms with Crippen LogP contribution in [0, 0.1) is 0 Å². The van der Waals surface area contributed by atoms with E-state index in [0.29, 0.717) is 24.4 Å². The SMILES string of the molecule is COc1ccc(Cn2nc(C(F)(F)F)nc2-c2cn3c(n2)CC(O[Si](C)(C)C(C)(C)C)C3)cc1. The van der Waals surface area contributed by atoms with E-state index >= 15 is 0 Å². The summed E-state index contributed by atoms with van der Waals surface area (Å²) in [6.45, 7) is 11.7. The summed E-state index contributed by atoms with van der Waals surface area (Å²) >= 11 is 0. The number of fused-ring (bicyclic) bond motifs is 1. The molecule has 2 aromatic heterocycles. The lowest BCUT2D eigenvalue weighted by Crippen LogP contribution is -2.44. The van der Waals surface area contributed by atoms with Gasteiger partial charge in [-0.15, -0.1) is 5.10 Å². The first-order valence-corrected chi connectivity index (χ1v) is 14.1. The molecule has 1 atom stereocenters. The summed E-state index contributed by atoms with van der Waals surface area (Å²) < 4.78 is 55.1. The van der Waals surface area contributed by atoms with E-state index in [4.69, 9.17) is 9.16 Å². The number of rotatable bonds is 6. The van der Waals surface area contributed by atoms with Crippen molar-refractivity contribution in [2.75, 3.05) is 7.11 Å². The molecule has 34 heavy (non-hydrogen) atoms. The maximum atomic E-state index is 13.4. The molecule has 184 valence electrons. The molecule has 1 unspecified atom stereocenters. The van der Waals surface area contributed by atoms with Crippen LogP contribution in [0.5, 0.6) is 5.75 Å². The Morgan fingerprint density at radius 2 is 1.76 bits per heavy atom. The van der Waals surface area contributed by atoms with Gasteiger partial charge in [-0.1, -0.05) is 32.9 Å². The van der Waals surface area contributed by atoms with Gasteiger partial charge in [0.2, 0.25) is 0 Å². The second-order valence-corrected chi connectivity index (χ2v) is 14.9. The zero-order chi connectivity index (χ0) is 24.9. The van der Waals surface area contributed by atoms with Crippen LogP contribution in [-0.2, 0) is 30.1 Å². The quantitative estimate of drug-likeness (QED) is 0.444. The third kappa shape index (κ3) is 4.90. The average Bonchev–Trinajstić information content (AvgIpc) is 3.40. The van der Waals surface area contributed by atoms with E-state index in [1.165, 1.54) is 4.68 Å². The van der Waals surface area contributed by atoms with Crippen LogP contribution in [0.15, 0.2) is 30.5 Å². The zero-order valence-corrected chi connectivity index (χ0v) is 21.3. The van der Waals surface area contributed by atoms with Gasteiger partial charge in [0, 0.05) is 19.2 Å². The van der Waals surface area contributed by atoms with Gasteiger partial charge in [0.25, 0.3) is 5.82 Å². The van der Waals surface area contributed by atoms with Crippen molar-refractivity contribution in [3.8, 4) is 17.3 Å². The molecular formula is C23H30F3N5O2Si. The molecule has 0 fully saturated rings. The molecule has 3 heterocycles. The number of ether oxygens (including phenoxy) is 1. The maximum Gasteiger partial charge on any atom is 0.453 e. The molecule has 0 saturated heterocycles. The first-order chi connectivity index (χ1) is 15.8. The van der Waals surface area contributed by atoms with Crippen LogP contribution < -0.4 is 4.74 Å². The van der Waals surface area contributed by atoms with Gasteiger partial charge in [-0.2, -0.15) is 13.2 Å². The molecule has 1 aliphatic rings. The summed E-state index contributed by atoms with van der Waals surface area (Å²) in [6.07, 6.45) is -2.27. The molecule has 0 N–H and O–H groups in total. The van der Waals surface area contributed by atoms with Crippen molar-refractivity contribution in [3.05, 3.63) is 47.7 Å². The topological polar surface area (TPSA) is 67.0 Å². The average molecular weight is 494 g/mol. The van der Waals surface area contributed by atoms with Crippen molar-refractivity contribution in [1.29, 1.82) is 0 Å². The van der Waals surface area contributed by atoms with Crippen LogP contribution in [0.25, 0.3) is 11.5 Å². The molecule has 1 aliphatic heterocycles. The van der Waals surface area contributed by atoms with Crippen LogP contribution in [-0.4, -0.2) is 45.8 Å². The molecule has 11 heteroatoms. The summed E-state index contributed by atoms with van der Waals surface area (Å²) in [4.78, 5) is 8.42. The molecular weight excluding hydrogens is 463 g/mol. The molecule has 0 radical (unpaired) electrons. The zero-order valence-electron chi connectivity index (χ0n) is 20.3. The van der Waals surface area contributed by atoms with Gasteiger partial charge in [-0.3, -0.25) is 0 Å². The van der Waals surface area contributed by atoms with Crippen molar-refractivity contribution < 1.29 is 22.3 Å². The number of nitrogens with zero attached hydrogens (tertiary/aromatic N) is 5. The molecule has 3 aromatic rings. The van der Waals surface area contributed by atoms with Gasteiger partial charge < -0.3 is 13.7 Å². The van der Waals surface area contributed by atoms with Gasteiger partial charge in [0.05, 0.1) is 19.8 Å². The van der Waals surface area contributed by atoms with E-state index in [2.05, 4.69) is 48.9 Å². The number of methoxy groups -OCH3 is 1. The van der Waals surface area contributed by atoms with Crippen molar-refractivity contribution in [3.63, 3.8) is 0 Å². The highest BCUT2D eigenvalue weighted by Gasteiger charge is 2.41. The number of hydrogen-bond acceptors (Lipinski definition) is 5. The van der Waals surface area contributed by atoms with Crippen molar-refractivity contribution >= 4 is 8.32 Å². The molecule has 4 rings (SSSR count). The smallest absolute Gasteiger partial charge is 0.453 e. The minimum absolute atomic E-state index is 0.0142. The van der Waals surface area contributed by atoms with Gasteiger partial charge in [0.15, 0.2) is 14.1 Å². The Labute approximate surface area is 198 Å². The lowest BCUT2D eigenvalue weighted by Gasteiger charge is -2.38. The summed E-state index contributed by atoms with van der Waals surface area (Å²) in [5.41, 5.74) is 1.15. The summed E-state index contributed by atoms with van der Waals surface area (Å²) in [6, 6.07) is 7.08. The van der Waals surface area contributed by atoms with E-state index in [1.807, 2.05) is 4.57 Å². The Bertz CT molecular complexity index is 1140. The molecule has 7 nitrogen and oxygen atoms in total. The number of benzene rings is 1. The largest absolute Gasteiger partial charge is 0.497 e.